The maximum Gasteiger partial charge on any atom is 0.145 e. The predicted molar refractivity (Wildman–Crippen MR) is 163 cm³/mol. The first kappa shape index (κ1) is 19.8. The zero-order chi connectivity index (χ0) is 25.2. The molecule has 4 aromatic heterocycles. The second kappa shape index (κ2) is 6.77. The molecule has 0 N–H and O–H groups in total. The van der Waals surface area contributed by atoms with Crippen molar-refractivity contribution in [2.45, 2.75) is 0 Å². The molecule has 0 saturated heterocycles. The van der Waals surface area contributed by atoms with Gasteiger partial charge in [0.05, 0.1) is 33.0 Å². The van der Waals surface area contributed by atoms with E-state index in [0.29, 0.717) is 0 Å². The van der Waals surface area contributed by atoms with E-state index >= 15 is 0 Å². The Labute approximate surface area is 222 Å². The Kier molecular flexibility index (Phi) is 3.44. The number of benzene rings is 6. The molecule has 0 unspecified atom stereocenters. The van der Waals surface area contributed by atoms with Crippen LogP contribution in [0.15, 0.2) is 126 Å². The van der Waals surface area contributed by atoms with Crippen LogP contribution in [0, 0.1) is 0 Å². The fraction of sp³-hybridized carbons (Fsp3) is 0. The Balaban J connectivity index is 1.45. The second-order valence-electron chi connectivity index (χ2n) is 10.5. The van der Waals surface area contributed by atoms with Crippen LogP contribution in [0.5, 0.6) is 0 Å². The highest BCUT2D eigenvalue weighted by molar-refractivity contribution is 6.35. The van der Waals surface area contributed by atoms with Gasteiger partial charge in [0.25, 0.3) is 0 Å². The summed E-state index contributed by atoms with van der Waals surface area (Å²) in [6.07, 6.45) is 0. The molecule has 0 aliphatic heterocycles. The van der Waals surface area contributed by atoms with Crippen LogP contribution in [0.25, 0.3) is 87.5 Å². The lowest BCUT2D eigenvalue weighted by Crippen LogP contribution is -1.92. The second-order valence-corrected chi connectivity index (χ2v) is 10.5. The third-order valence-electron chi connectivity index (χ3n) is 8.64. The molecular formula is C36H20N2O. The molecule has 10 aromatic rings. The Hall–Kier alpha value is -5.28. The molecule has 0 aliphatic carbocycles. The van der Waals surface area contributed by atoms with Gasteiger partial charge in [-0.2, -0.15) is 0 Å². The highest BCUT2D eigenvalue weighted by Gasteiger charge is 2.24. The largest absolute Gasteiger partial charge is 0.455 e. The maximum absolute atomic E-state index is 6.50. The van der Waals surface area contributed by atoms with E-state index in [4.69, 9.17) is 4.42 Å². The van der Waals surface area contributed by atoms with Crippen molar-refractivity contribution < 1.29 is 4.42 Å². The lowest BCUT2D eigenvalue weighted by atomic mass is 10.0. The molecule has 0 bridgehead atoms. The highest BCUT2D eigenvalue weighted by atomic mass is 16.3. The summed E-state index contributed by atoms with van der Waals surface area (Å²) >= 11 is 0. The molecule has 180 valence electrons. The summed E-state index contributed by atoms with van der Waals surface area (Å²) in [7, 11) is 0. The Bertz CT molecular complexity index is 2600. The van der Waals surface area contributed by atoms with Crippen LogP contribution in [-0.4, -0.2) is 8.97 Å². The monoisotopic (exact) mass is 496 g/mol. The molecular weight excluding hydrogens is 476 g/mol. The van der Waals surface area contributed by atoms with Gasteiger partial charge in [-0.1, -0.05) is 72.8 Å². The van der Waals surface area contributed by atoms with Crippen molar-refractivity contribution in [2.24, 2.45) is 0 Å². The number of nitrogens with zero attached hydrogens (tertiary/aromatic N) is 2. The lowest BCUT2D eigenvalue weighted by Gasteiger charge is -2.07. The third-order valence-corrected chi connectivity index (χ3v) is 8.64. The van der Waals surface area contributed by atoms with Crippen molar-refractivity contribution in [3.05, 3.63) is 121 Å². The predicted octanol–water partition coefficient (Wildman–Crippen LogP) is 9.83. The van der Waals surface area contributed by atoms with E-state index in [1.54, 1.807) is 0 Å². The average Bonchev–Trinajstić information content (AvgIpc) is 3.72. The van der Waals surface area contributed by atoms with Crippen LogP contribution in [0.4, 0.5) is 0 Å². The smallest absolute Gasteiger partial charge is 0.145 e. The van der Waals surface area contributed by atoms with Gasteiger partial charge in [-0.25, -0.2) is 0 Å². The molecule has 0 amide bonds. The fourth-order valence-electron chi connectivity index (χ4n) is 7.15. The van der Waals surface area contributed by atoms with Crippen LogP contribution in [0.3, 0.4) is 0 Å². The van der Waals surface area contributed by atoms with Gasteiger partial charge in [0.1, 0.15) is 11.2 Å². The van der Waals surface area contributed by atoms with E-state index in [1.165, 1.54) is 76.4 Å². The first-order valence-corrected chi connectivity index (χ1v) is 13.4. The molecule has 3 heteroatoms. The standard InChI is InChI=1S/C36H20N2O/c1-2-9-21(10-3-1)37-27-15-6-4-12-24(27)32-28(37)19-20-29-33(32)25-13-8-14-26-34-30(38(29)35(25)26)18-17-23-22-11-5-7-16-31(22)39-36(23)34/h1-20H. The SMILES string of the molecule is c1ccc(-n2c3ccccc3c3c4c5cccc6c7c8oc9ccccc9c8ccc7n(c4ccc32)c65)cc1. The van der Waals surface area contributed by atoms with Gasteiger partial charge in [0.15, 0.2) is 0 Å². The van der Waals surface area contributed by atoms with E-state index in [0.717, 1.165) is 11.2 Å². The first-order chi connectivity index (χ1) is 19.4. The molecule has 3 nitrogen and oxygen atoms in total. The van der Waals surface area contributed by atoms with Gasteiger partial charge in [-0.15, -0.1) is 0 Å². The van der Waals surface area contributed by atoms with Crippen molar-refractivity contribution in [3.63, 3.8) is 0 Å². The van der Waals surface area contributed by atoms with Crippen LogP contribution >= 0.6 is 0 Å². The Morgan fingerprint density at radius 3 is 1.95 bits per heavy atom. The van der Waals surface area contributed by atoms with E-state index in [-0.39, 0.29) is 0 Å². The summed E-state index contributed by atoms with van der Waals surface area (Å²) in [5.41, 5.74) is 9.23. The first-order valence-electron chi connectivity index (χ1n) is 13.4. The summed E-state index contributed by atoms with van der Waals surface area (Å²) in [5.74, 6) is 0. The third kappa shape index (κ3) is 2.27. The van der Waals surface area contributed by atoms with Gasteiger partial charge in [-0.05, 0) is 48.5 Å². The van der Waals surface area contributed by atoms with Gasteiger partial charge >= 0.3 is 0 Å². The van der Waals surface area contributed by atoms with Crippen molar-refractivity contribution in [3.8, 4) is 5.69 Å². The number of hydrogen-bond donors (Lipinski definition) is 0. The lowest BCUT2D eigenvalue weighted by molar-refractivity contribution is 0.673. The Morgan fingerprint density at radius 2 is 1.05 bits per heavy atom. The quantitative estimate of drug-likeness (QED) is 0.222. The summed E-state index contributed by atoms with van der Waals surface area (Å²) in [6.45, 7) is 0. The number of fused-ring (bicyclic) bond motifs is 14. The number of aromatic nitrogens is 2. The van der Waals surface area contributed by atoms with Gasteiger partial charge in [-0.3, -0.25) is 0 Å². The number of furan rings is 1. The maximum atomic E-state index is 6.50. The summed E-state index contributed by atoms with van der Waals surface area (Å²) in [6, 6.07) is 43.6. The molecule has 39 heavy (non-hydrogen) atoms. The number of para-hydroxylation sites is 4. The zero-order valence-corrected chi connectivity index (χ0v) is 20.8. The van der Waals surface area contributed by atoms with Crippen molar-refractivity contribution in [2.75, 3.05) is 0 Å². The van der Waals surface area contributed by atoms with Gasteiger partial charge in [0, 0.05) is 43.4 Å². The summed E-state index contributed by atoms with van der Waals surface area (Å²) in [5, 5.41) is 9.95. The highest BCUT2D eigenvalue weighted by Crippen LogP contribution is 2.46. The van der Waals surface area contributed by atoms with Crippen LogP contribution < -0.4 is 0 Å². The van der Waals surface area contributed by atoms with E-state index in [9.17, 15) is 0 Å². The number of hydrogen-bond acceptors (Lipinski definition) is 1. The van der Waals surface area contributed by atoms with E-state index in [2.05, 4.69) is 124 Å². The van der Waals surface area contributed by atoms with Crippen LogP contribution in [-0.2, 0) is 0 Å². The topological polar surface area (TPSA) is 22.5 Å². The number of rotatable bonds is 1. The molecule has 0 saturated carbocycles. The van der Waals surface area contributed by atoms with Crippen LogP contribution in [0.2, 0.25) is 0 Å². The van der Waals surface area contributed by atoms with Crippen molar-refractivity contribution in [1.82, 2.24) is 8.97 Å². The fourth-order valence-corrected chi connectivity index (χ4v) is 7.15. The van der Waals surface area contributed by atoms with E-state index < -0.39 is 0 Å². The normalized spacial score (nSPS) is 12.6. The van der Waals surface area contributed by atoms with Gasteiger partial charge in [0.2, 0.25) is 0 Å². The Morgan fingerprint density at radius 1 is 0.410 bits per heavy atom. The minimum Gasteiger partial charge on any atom is -0.455 e. The summed E-state index contributed by atoms with van der Waals surface area (Å²) < 4.78 is 11.4. The molecule has 0 aliphatic rings. The summed E-state index contributed by atoms with van der Waals surface area (Å²) in [4.78, 5) is 0. The van der Waals surface area contributed by atoms with Crippen molar-refractivity contribution >= 4 is 81.8 Å². The zero-order valence-electron chi connectivity index (χ0n) is 20.8. The van der Waals surface area contributed by atoms with Gasteiger partial charge < -0.3 is 13.4 Å². The molecule has 0 atom stereocenters. The molecule has 0 spiro atoms. The van der Waals surface area contributed by atoms with Crippen LogP contribution in [0.1, 0.15) is 0 Å². The molecule has 10 rings (SSSR count). The van der Waals surface area contributed by atoms with Crippen molar-refractivity contribution in [1.29, 1.82) is 0 Å². The van der Waals surface area contributed by atoms with E-state index in [1.807, 2.05) is 6.07 Å². The average molecular weight is 497 g/mol. The minimum absolute atomic E-state index is 0.935. The molecule has 6 aromatic carbocycles. The molecule has 0 fully saturated rings. The molecule has 4 heterocycles. The minimum atomic E-state index is 0.935. The molecule has 0 radical (unpaired) electrons.